The second-order valence-electron chi connectivity index (χ2n) is 9.38. The largest absolute Gasteiger partial charge is 0.444 e. The average Bonchev–Trinajstić information content (AvgIpc) is 3.13. The topological polar surface area (TPSA) is 92.3 Å². The van der Waals surface area contributed by atoms with Gasteiger partial charge in [0.15, 0.2) is 0 Å². The number of fused-ring (bicyclic) bond motifs is 1. The molecule has 1 aliphatic rings. The lowest BCUT2D eigenvalue weighted by molar-refractivity contribution is 0.0635. The summed E-state index contributed by atoms with van der Waals surface area (Å²) in [5.41, 5.74) is 1.87. The fourth-order valence-corrected chi connectivity index (χ4v) is 3.87. The number of amides is 2. The Balaban J connectivity index is 1.55. The Morgan fingerprint density at radius 3 is 2.43 bits per heavy atom. The van der Waals surface area contributed by atoms with Crippen LogP contribution in [-0.2, 0) is 17.6 Å². The molecule has 7 nitrogen and oxygen atoms in total. The maximum absolute atomic E-state index is 13.6. The van der Waals surface area contributed by atoms with Crippen LogP contribution in [0.4, 0.5) is 30.8 Å². The molecule has 1 atom stereocenters. The predicted octanol–water partition coefficient (Wildman–Crippen LogP) is 5.35. The molecule has 3 N–H and O–H groups in total. The zero-order valence-corrected chi connectivity index (χ0v) is 19.6. The first-order chi connectivity index (χ1) is 16.5. The van der Waals surface area contributed by atoms with Gasteiger partial charge in [-0.2, -0.15) is 0 Å². The quantitative estimate of drug-likeness (QED) is 0.458. The zero-order chi connectivity index (χ0) is 25.2. The van der Waals surface area contributed by atoms with Gasteiger partial charge in [0.25, 0.3) is 5.91 Å². The molecule has 9 heteroatoms. The van der Waals surface area contributed by atoms with E-state index in [-0.39, 0.29) is 29.1 Å². The summed E-state index contributed by atoms with van der Waals surface area (Å²) in [5, 5.41) is 8.48. The number of aromatic nitrogens is 1. The second-order valence-corrected chi connectivity index (χ2v) is 9.38. The van der Waals surface area contributed by atoms with Crippen molar-refractivity contribution in [3.05, 3.63) is 83.1 Å². The van der Waals surface area contributed by atoms with Crippen LogP contribution in [0.3, 0.4) is 0 Å². The molecule has 182 valence electrons. The molecule has 1 unspecified atom stereocenters. The summed E-state index contributed by atoms with van der Waals surface area (Å²) in [5.74, 6) is -0.982. The zero-order valence-electron chi connectivity index (χ0n) is 19.6. The van der Waals surface area contributed by atoms with Gasteiger partial charge >= 0.3 is 6.09 Å². The third-order valence-corrected chi connectivity index (χ3v) is 5.24. The smallest absolute Gasteiger partial charge is 0.412 e. The lowest BCUT2D eigenvalue weighted by Crippen LogP contribution is -2.36. The van der Waals surface area contributed by atoms with E-state index >= 15 is 0 Å². The van der Waals surface area contributed by atoms with Crippen molar-refractivity contribution in [1.82, 2.24) is 10.3 Å². The minimum Gasteiger partial charge on any atom is -0.444 e. The van der Waals surface area contributed by atoms with Crippen molar-refractivity contribution in [3.8, 4) is 0 Å². The van der Waals surface area contributed by atoms with Crippen LogP contribution >= 0.6 is 0 Å². The maximum Gasteiger partial charge on any atom is 0.412 e. The minimum absolute atomic E-state index is 0.0413. The predicted molar refractivity (Wildman–Crippen MR) is 129 cm³/mol. The Labute approximate surface area is 201 Å². The van der Waals surface area contributed by atoms with Crippen LogP contribution in [0.2, 0.25) is 0 Å². The average molecular weight is 481 g/mol. The third-order valence-electron chi connectivity index (χ3n) is 5.24. The van der Waals surface area contributed by atoms with Gasteiger partial charge in [-0.05, 0) is 81.1 Å². The highest BCUT2D eigenvalue weighted by Crippen LogP contribution is 2.25. The van der Waals surface area contributed by atoms with E-state index < -0.39 is 23.4 Å². The molecule has 35 heavy (non-hydrogen) atoms. The van der Waals surface area contributed by atoms with E-state index in [1.807, 2.05) is 0 Å². The van der Waals surface area contributed by atoms with E-state index in [1.54, 1.807) is 32.9 Å². The summed E-state index contributed by atoms with van der Waals surface area (Å²) in [6.07, 6.45) is 0.384. The van der Waals surface area contributed by atoms with E-state index in [0.717, 1.165) is 11.1 Å². The van der Waals surface area contributed by atoms with Crippen LogP contribution in [0.1, 0.15) is 42.4 Å². The van der Waals surface area contributed by atoms with E-state index in [0.29, 0.717) is 18.5 Å². The molecule has 0 spiro atoms. The molecule has 0 bridgehead atoms. The molecular weight excluding hydrogens is 454 g/mol. The monoisotopic (exact) mass is 480 g/mol. The highest BCUT2D eigenvalue weighted by Gasteiger charge is 2.25. The van der Waals surface area contributed by atoms with Crippen LogP contribution in [0.5, 0.6) is 0 Å². The first-order valence-corrected chi connectivity index (χ1v) is 11.2. The van der Waals surface area contributed by atoms with E-state index in [4.69, 9.17) is 4.74 Å². The standard InChI is InChI=1S/C26H26F2N4O3/c1-26(2,3)35-25(34)31-21-13-22(32-23(14-21)29-19-6-4-5-17(27)12-19)24(33)30-20-10-15-7-8-18(28)9-16(15)11-20/h4-9,12-14,20H,10-11H2,1-3H3,(H,30,33)(H2,29,31,32,34). The lowest BCUT2D eigenvalue weighted by Gasteiger charge is -2.20. The van der Waals surface area contributed by atoms with Gasteiger partial charge in [-0.3, -0.25) is 10.1 Å². The summed E-state index contributed by atoms with van der Waals surface area (Å²) in [6.45, 7) is 5.21. The number of halogens is 2. The van der Waals surface area contributed by atoms with Crippen molar-refractivity contribution < 1.29 is 23.1 Å². The number of benzene rings is 2. The number of carbonyl (C=O) groups is 2. The van der Waals surface area contributed by atoms with Crippen LogP contribution in [0, 0.1) is 11.6 Å². The van der Waals surface area contributed by atoms with Gasteiger partial charge in [-0.1, -0.05) is 12.1 Å². The molecule has 2 aromatic carbocycles. The molecule has 0 saturated carbocycles. The molecule has 2 amide bonds. The van der Waals surface area contributed by atoms with Crippen molar-refractivity contribution in [2.24, 2.45) is 0 Å². The number of ether oxygens (including phenoxy) is 1. The van der Waals surface area contributed by atoms with Gasteiger partial charge in [-0.25, -0.2) is 18.6 Å². The summed E-state index contributed by atoms with van der Waals surface area (Å²) >= 11 is 0. The van der Waals surface area contributed by atoms with Gasteiger partial charge < -0.3 is 15.4 Å². The molecule has 0 radical (unpaired) electrons. The lowest BCUT2D eigenvalue weighted by atomic mass is 10.1. The number of nitrogens with zero attached hydrogens (tertiary/aromatic N) is 1. The number of carbonyl (C=O) groups excluding carboxylic acids is 2. The molecule has 1 heterocycles. The molecule has 0 saturated heterocycles. The van der Waals surface area contributed by atoms with Gasteiger partial charge in [0.1, 0.15) is 28.7 Å². The highest BCUT2D eigenvalue weighted by molar-refractivity contribution is 5.95. The summed E-state index contributed by atoms with van der Waals surface area (Å²) in [6, 6.07) is 13.1. The van der Waals surface area contributed by atoms with Crippen LogP contribution in [-0.4, -0.2) is 28.6 Å². The van der Waals surface area contributed by atoms with Gasteiger partial charge in [0.2, 0.25) is 0 Å². The Kier molecular flexibility index (Phi) is 6.68. The van der Waals surface area contributed by atoms with Crippen LogP contribution < -0.4 is 16.0 Å². The Hall–Kier alpha value is -4.01. The SMILES string of the molecule is CC(C)(C)OC(=O)Nc1cc(Nc2cccc(F)c2)nc(C(=O)NC2Cc3ccc(F)cc3C2)c1. The number of nitrogens with one attached hydrogen (secondary N) is 3. The van der Waals surface area contributed by atoms with Crippen molar-refractivity contribution in [2.75, 3.05) is 10.6 Å². The number of hydrogen-bond donors (Lipinski definition) is 3. The maximum atomic E-state index is 13.6. The van der Waals surface area contributed by atoms with E-state index in [2.05, 4.69) is 20.9 Å². The summed E-state index contributed by atoms with van der Waals surface area (Å²) in [4.78, 5) is 29.7. The van der Waals surface area contributed by atoms with Crippen molar-refractivity contribution in [1.29, 1.82) is 0 Å². The van der Waals surface area contributed by atoms with Crippen molar-refractivity contribution in [3.63, 3.8) is 0 Å². The summed E-state index contributed by atoms with van der Waals surface area (Å²) in [7, 11) is 0. The Morgan fingerprint density at radius 1 is 0.943 bits per heavy atom. The molecule has 1 aromatic heterocycles. The normalized spacial score (nSPS) is 14.7. The number of hydrogen-bond acceptors (Lipinski definition) is 5. The van der Waals surface area contributed by atoms with Crippen LogP contribution in [0.25, 0.3) is 0 Å². The first kappa shape index (κ1) is 24.1. The summed E-state index contributed by atoms with van der Waals surface area (Å²) < 4.78 is 32.5. The van der Waals surface area contributed by atoms with Gasteiger partial charge in [-0.15, -0.1) is 0 Å². The second kappa shape index (κ2) is 9.69. The number of anilines is 3. The van der Waals surface area contributed by atoms with Gasteiger partial charge in [0, 0.05) is 17.8 Å². The number of pyridine rings is 1. The first-order valence-electron chi connectivity index (χ1n) is 11.2. The minimum atomic E-state index is -0.711. The third kappa shape index (κ3) is 6.53. The van der Waals surface area contributed by atoms with Crippen molar-refractivity contribution >= 4 is 29.2 Å². The van der Waals surface area contributed by atoms with E-state index in [1.165, 1.54) is 42.5 Å². The molecule has 3 aromatic rings. The number of rotatable bonds is 5. The molecule has 4 rings (SSSR count). The molecule has 1 aliphatic carbocycles. The molecule has 0 aliphatic heterocycles. The van der Waals surface area contributed by atoms with Crippen molar-refractivity contribution in [2.45, 2.75) is 45.3 Å². The molecule has 0 fully saturated rings. The fourth-order valence-electron chi connectivity index (χ4n) is 3.87. The fraction of sp³-hybridized carbons (Fsp3) is 0.269. The van der Waals surface area contributed by atoms with Gasteiger partial charge in [0.05, 0.1) is 5.69 Å². The van der Waals surface area contributed by atoms with Crippen LogP contribution in [0.15, 0.2) is 54.6 Å². The Bertz CT molecular complexity index is 1270. The highest BCUT2D eigenvalue weighted by atomic mass is 19.1. The van der Waals surface area contributed by atoms with E-state index in [9.17, 15) is 18.4 Å². The molecular formula is C26H26F2N4O3. The Morgan fingerprint density at radius 2 is 1.69 bits per heavy atom.